The summed E-state index contributed by atoms with van der Waals surface area (Å²) in [7, 11) is 0. The first-order chi connectivity index (χ1) is 15.2. The number of hydrogen-bond donors (Lipinski definition) is 5. The van der Waals surface area contributed by atoms with Gasteiger partial charge in [0.1, 0.15) is 0 Å². The van der Waals surface area contributed by atoms with Gasteiger partial charge in [-0.1, -0.05) is 30.3 Å². The number of rotatable bonds is 12. The zero-order valence-electron chi connectivity index (χ0n) is 16.9. The van der Waals surface area contributed by atoms with Gasteiger partial charge in [-0.3, -0.25) is 19.7 Å². The van der Waals surface area contributed by atoms with E-state index in [2.05, 4.69) is 23.3 Å². The van der Waals surface area contributed by atoms with Crippen LogP contribution in [-0.2, 0) is 20.8 Å². The summed E-state index contributed by atoms with van der Waals surface area (Å²) in [6.07, 6.45) is -0.704. The lowest BCUT2D eigenvalue weighted by Crippen LogP contribution is -2.61. The topological polar surface area (TPSA) is 159 Å². The molecular weight excluding hydrogens is 438 g/mol. The van der Waals surface area contributed by atoms with Gasteiger partial charge in [0.05, 0.1) is 10.8 Å². The third-order valence-corrected chi connectivity index (χ3v) is 5.21. The highest BCUT2D eigenvalue weighted by molar-refractivity contribution is 7.80. The predicted molar refractivity (Wildman–Crippen MR) is 120 cm³/mol. The number of hydrogen-bond acceptors (Lipinski definition) is 7. The van der Waals surface area contributed by atoms with E-state index in [9.17, 15) is 29.6 Å². The summed E-state index contributed by atoms with van der Waals surface area (Å²) in [4.78, 5) is 46.6. The van der Waals surface area contributed by atoms with Crippen LogP contribution >= 0.6 is 12.6 Å². The van der Waals surface area contributed by atoms with Crippen molar-refractivity contribution in [1.82, 2.24) is 5.32 Å². The fourth-order valence-electron chi connectivity index (χ4n) is 3.03. The molecule has 2 atom stereocenters. The van der Waals surface area contributed by atoms with Gasteiger partial charge in [-0.25, -0.2) is 4.79 Å². The number of carbonyl (C=O) groups excluding carboxylic acids is 1. The summed E-state index contributed by atoms with van der Waals surface area (Å²) in [6, 6.07) is 14.0. The summed E-state index contributed by atoms with van der Waals surface area (Å²) in [6.45, 7) is 0. The number of nitro benzene ring substituents is 1. The number of thiol groups is 1. The minimum absolute atomic E-state index is 0.132. The van der Waals surface area contributed by atoms with Crippen LogP contribution < -0.4 is 10.6 Å². The van der Waals surface area contributed by atoms with Crippen LogP contribution in [0.5, 0.6) is 0 Å². The van der Waals surface area contributed by atoms with Crippen molar-refractivity contribution in [3.8, 4) is 0 Å². The highest BCUT2D eigenvalue weighted by Crippen LogP contribution is 2.23. The van der Waals surface area contributed by atoms with E-state index in [4.69, 9.17) is 5.11 Å². The molecule has 0 saturated carbocycles. The molecule has 0 saturated heterocycles. The Balaban J connectivity index is 2.31. The number of non-ortho nitro benzene ring substituents is 1. The molecule has 0 radical (unpaired) electrons. The molecule has 0 fully saturated rings. The lowest BCUT2D eigenvalue weighted by atomic mass is 9.97. The number of aliphatic carboxylic acids is 2. The van der Waals surface area contributed by atoms with Crippen molar-refractivity contribution in [2.75, 3.05) is 11.1 Å². The molecule has 0 aliphatic heterocycles. The largest absolute Gasteiger partial charge is 0.481 e. The smallest absolute Gasteiger partial charge is 0.350 e. The summed E-state index contributed by atoms with van der Waals surface area (Å²) in [5.41, 5.74) is -1.33. The van der Waals surface area contributed by atoms with E-state index in [0.717, 1.165) is 5.56 Å². The van der Waals surface area contributed by atoms with Crippen LogP contribution in [0.1, 0.15) is 18.4 Å². The zero-order valence-corrected chi connectivity index (χ0v) is 17.8. The van der Waals surface area contributed by atoms with E-state index in [-0.39, 0.29) is 17.1 Å². The Kier molecular flexibility index (Phi) is 8.59. The lowest BCUT2D eigenvalue weighted by molar-refractivity contribution is -0.384. The van der Waals surface area contributed by atoms with E-state index in [1.165, 1.54) is 24.3 Å². The summed E-state index contributed by atoms with van der Waals surface area (Å²) in [5, 5.41) is 35.0. The second-order valence-corrected chi connectivity index (χ2v) is 7.46. The molecule has 10 nitrogen and oxygen atoms in total. The van der Waals surface area contributed by atoms with Crippen molar-refractivity contribution >= 4 is 41.8 Å². The van der Waals surface area contributed by atoms with Crippen LogP contribution in [0, 0.1) is 16.0 Å². The van der Waals surface area contributed by atoms with Gasteiger partial charge >= 0.3 is 11.9 Å². The van der Waals surface area contributed by atoms with Crippen LogP contribution in [0.4, 0.5) is 11.4 Å². The monoisotopic (exact) mass is 461 g/mol. The normalized spacial score (nSPS) is 13.4. The highest BCUT2D eigenvalue weighted by Gasteiger charge is 2.42. The second kappa shape index (κ2) is 11.1. The Labute approximate surface area is 189 Å². The van der Waals surface area contributed by atoms with E-state index in [1.54, 1.807) is 0 Å². The van der Waals surface area contributed by atoms with E-state index >= 15 is 0 Å². The molecule has 0 heterocycles. The fraction of sp³-hybridized carbons (Fsp3) is 0.286. The van der Waals surface area contributed by atoms with Crippen molar-refractivity contribution < 1.29 is 29.5 Å². The van der Waals surface area contributed by atoms with Gasteiger partial charge in [0.25, 0.3) is 5.69 Å². The van der Waals surface area contributed by atoms with Crippen LogP contribution in [-0.4, -0.2) is 44.4 Å². The number of nitrogens with zero attached hydrogens (tertiary/aromatic N) is 1. The standard InChI is InChI=1S/C21H23N3O7S/c25-18(26)10-11-21(20(28)29,22-16-6-8-17(9-7-16)24(30)31)23-19(27)15(13-32)12-14-4-2-1-3-5-14/h1-9,15,22,32H,10-13H2,(H,23,27)(H,25,26)(H,28,29). The second-order valence-electron chi connectivity index (χ2n) is 7.09. The molecule has 0 aromatic heterocycles. The minimum atomic E-state index is -2.15. The Morgan fingerprint density at radius 2 is 1.69 bits per heavy atom. The van der Waals surface area contributed by atoms with Gasteiger partial charge in [-0.2, -0.15) is 12.6 Å². The molecule has 170 valence electrons. The molecular formula is C21H23N3O7S. The van der Waals surface area contributed by atoms with Gasteiger partial charge in [0, 0.05) is 36.4 Å². The van der Waals surface area contributed by atoms with Gasteiger partial charge in [0.2, 0.25) is 11.6 Å². The third-order valence-electron chi connectivity index (χ3n) is 4.77. The maximum atomic E-state index is 13.0. The molecule has 2 rings (SSSR count). The summed E-state index contributed by atoms with van der Waals surface area (Å²) >= 11 is 4.21. The van der Waals surface area contributed by atoms with E-state index in [1.807, 2.05) is 30.3 Å². The molecule has 2 aromatic carbocycles. The number of amides is 1. The van der Waals surface area contributed by atoms with E-state index in [0.29, 0.717) is 6.42 Å². The molecule has 0 bridgehead atoms. The summed E-state index contributed by atoms with van der Waals surface area (Å²) in [5.74, 6) is -3.91. The van der Waals surface area contributed by atoms with Gasteiger partial charge in [0.15, 0.2) is 0 Å². The molecule has 0 spiro atoms. The van der Waals surface area contributed by atoms with Crippen molar-refractivity contribution in [1.29, 1.82) is 0 Å². The predicted octanol–water partition coefficient (Wildman–Crippen LogP) is 2.56. The molecule has 11 heteroatoms. The van der Waals surface area contributed by atoms with Crippen molar-refractivity contribution in [3.63, 3.8) is 0 Å². The fourth-order valence-corrected chi connectivity index (χ4v) is 3.32. The average Bonchev–Trinajstić information content (AvgIpc) is 2.76. The maximum Gasteiger partial charge on any atom is 0.350 e. The number of benzene rings is 2. The van der Waals surface area contributed by atoms with Crippen LogP contribution in [0.2, 0.25) is 0 Å². The van der Waals surface area contributed by atoms with Crippen molar-refractivity contribution in [2.24, 2.45) is 5.92 Å². The Morgan fingerprint density at radius 3 is 2.19 bits per heavy atom. The highest BCUT2D eigenvalue weighted by atomic mass is 32.1. The number of carbonyl (C=O) groups is 3. The molecule has 0 aliphatic rings. The van der Waals surface area contributed by atoms with Gasteiger partial charge in [-0.15, -0.1) is 0 Å². The Bertz CT molecular complexity index is 969. The lowest BCUT2D eigenvalue weighted by Gasteiger charge is -2.33. The quantitative estimate of drug-likeness (QED) is 0.140. The zero-order chi connectivity index (χ0) is 23.7. The average molecular weight is 461 g/mol. The number of carboxylic acids is 2. The first-order valence-electron chi connectivity index (χ1n) is 9.61. The van der Waals surface area contributed by atoms with Crippen LogP contribution in [0.25, 0.3) is 0 Å². The molecule has 1 amide bonds. The summed E-state index contributed by atoms with van der Waals surface area (Å²) < 4.78 is 0. The first kappa shape index (κ1) is 24.7. The first-order valence-corrected chi connectivity index (χ1v) is 10.2. The van der Waals surface area contributed by atoms with Crippen LogP contribution in [0.3, 0.4) is 0 Å². The number of nitro groups is 1. The third kappa shape index (κ3) is 6.71. The molecule has 2 aromatic rings. The maximum absolute atomic E-state index is 13.0. The Morgan fingerprint density at radius 1 is 1.06 bits per heavy atom. The van der Waals surface area contributed by atoms with E-state index < -0.39 is 47.2 Å². The minimum Gasteiger partial charge on any atom is -0.481 e. The number of carboxylic acid groups (broad SMARTS) is 2. The molecule has 32 heavy (non-hydrogen) atoms. The Hall–Kier alpha value is -3.60. The number of anilines is 1. The van der Waals surface area contributed by atoms with Crippen LogP contribution in [0.15, 0.2) is 54.6 Å². The molecule has 0 aliphatic carbocycles. The molecule has 4 N–H and O–H groups in total. The van der Waals surface area contributed by atoms with Crippen molar-refractivity contribution in [2.45, 2.75) is 24.9 Å². The van der Waals surface area contributed by atoms with Crippen molar-refractivity contribution in [3.05, 3.63) is 70.3 Å². The van der Waals surface area contributed by atoms with Gasteiger partial charge in [-0.05, 0) is 24.1 Å². The molecule has 2 unspecified atom stereocenters. The SMILES string of the molecule is O=C(O)CCC(NC(=O)C(CS)Cc1ccccc1)(Nc1ccc([N+](=O)[O-])cc1)C(=O)O. The van der Waals surface area contributed by atoms with Gasteiger partial charge < -0.3 is 20.8 Å². The number of nitrogens with one attached hydrogen (secondary N) is 2.